The van der Waals surface area contributed by atoms with Gasteiger partial charge in [0.1, 0.15) is 0 Å². The monoisotopic (exact) mass is 363 g/mol. The molecule has 7 nitrogen and oxygen atoms in total. The summed E-state index contributed by atoms with van der Waals surface area (Å²) in [6.07, 6.45) is 3.78. The fraction of sp³-hybridized carbons (Fsp3) is 0.0500. The zero-order valence-corrected chi connectivity index (χ0v) is 14.3. The molecule has 1 aromatic heterocycles. The molecule has 0 radical (unpaired) electrons. The molecule has 0 aliphatic rings. The zero-order chi connectivity index (χ0) is 19.1. The standard InChI is InChI=1S/C20H17N3O4/c24-18(21-22-19(25)15-6-2-1-3-7-15)14-27-20(26)16-8-10-17(11-9-16)23-12-4-5-13-23/h1-13H,14H2,(H,21,24)(H,22,25). The Morgan fingerprint density at radius 3 is 2.11 bits per heavy atom. The predicted molar refractivity (Wildman–Crippen MR) is 98.1 cm³/mol. The van der Waals surface area contributed by atoms with Gasteiger partial charge >= 0.3 is 5.97 Å². The lowest BCUT2D eigenvalue weighted by Gasteiger charge is -2.08. The highest BCUT2D eigenvalue weighted by molar-refractivity contribution is 5.96. The van der Waals surface area contributed by atoms with Gasteiger partial charge in [0.25, 0.3) is 11.8 Å². The van der Waals surface area contributed by atoms with Gasteiger partial charge in [0.15, 0.2) is 6.61 Å². The summed E-state index contributed by atoms with van der Waals surface area (Å²) < 4.78 is 6.85. The smallest absolute Gasteiger partial charge is 0.338 e. The Bertz CT molecular complexity index is 920. The first-order valence-corrected chi connectivity index (χ1v) is 8.18. The Labute approximate surface area is 155 Å². The van der Waals surface area contributed by atoms with Crippen molar-refractivity contribution in [1.29, 1.82) is 0 Å². The highest BCUT2D eigenvalue weighted by Crippen LogP contribution is 2.10. The Kier molecular flexibility index (Phi) is 5.64. The molecule has 7 heteroatoms. The maximum Gasteiger partial charge on any atom is 0.338 e. The number of rotatable bonds is 5. The van der Waals surface area contributed by atoms with Crippen LogP contribution in [0.15, 0.2) is 79.1 Å². The van der Waals surface area contributed by atoms with Crippen molar-refractivity contribution in [3.05, 3.63) is 90.3 Å². The summed E-state index contributed by atoms with van der Waals surface area (Å²) in [6, 6.07) is 19.0. The van der Waals surface area contributed by atoms with Crippen molar-refractivity contribution in [3.63, 3.8) is 0 Å². The largest absolute Gasteiger partial charge is 0.452 e. The van der Waals surface area contributed by atoms with Gasteiger partial charge in [0.2, 0.25) is 0 Å². The topological polar surface area (TPSA) is 89.4 Å². The highest BCUT2D eigenvalue weighted by Gasteiger charge is 2.11. The molecule has 3 aromatic rings. The van der Waals surface area contributed by atoms with Crippen molar-refractivity contribution >= 4 is 17.8 Å². The average Bonchev–Trinajstić information content (AvgIpc) is 3.26. The number of ether oxygens (including phenoxy) is 1. The molecule has 2 amide bonds. The summed E-state index contributed by atoms with van der Waals surface area (Å²) in [4.78, 5) is 35.5. The van der Waals surface area contributed by atoms with E-state index in [0.29, 0.717) is 11.1 Å². The molecule has 136 valence electrons. The zero-order valence-electron chi connectivity index (χ0n) is 14.3. The Hall–Kier alpha value is -3.87. The van der Waals surface area contributed by atoms with Gasteiger partial charge in [-0.15, -0.1) is 0 Å². The van der Waals surface area contributed by atoms with E-state index >= 15 is 0 Å². The van der Waals surface area contributed by atoms with E-state index in [1.54, 1.807) is 54.6 Å². The van der Waals surface area contributed by atoms with Crippen molar-refractivity contribution in [3.8, 4) is 5.69 Å². The van der Waals surface area contributed by atoms with Crippen molar-refractivity contribution in [2.75, 3.05) is 6.61 Å². The molecule has 0 bridgehead atoms. The van der Waals surface area contributed by atoms with Gasteiger partial charge in [0, 0.05) is 23.6 Å². The molecule has 27 heavy (non-hydrogen) atoms. The van der Waals surface area contributed by atoms with Crippen LogP contribution >= 0.6 is 0 Å². The van der Waals surface area contributed by atoms with Crippen LogP contribution in [-0.4, -0.2) is 29.0 Å². The third kappa shape index (κ3) is 4.82. The molecule has 0 unspecified atom stereocenters. The minimum Gasteiger partial charge on any atom is -0.452 e. The van der Waals surface area contributed by atoms with Gasteiger partial charge in [-0.25, -0.2) is 4.79 Å². The summed E-state index contributed by atoms with van der Waals surface area (Å²) >= 11 is 0. The number of amides is 2. The van der Waals surface area contributed by atoms with Crippen LogP contribution in [0, 0.1) is 0 Å². The molecular weight excluding hydrogens is 346 g/mol. The van der Waals surface area contributed by atoms with E-state index < -0.39 is 24.4 Å². The number of aromatic nitrogens is 1. The lowest BCUT2D eigenvalue weighted by molar-refractivity contribution is -0.125. The molecule has 3 rings (SSSR count). The molecule has 0 aliphatic heterocycles. The average molecular weight is 363 g/mol. The maximum absolute atomic E-state index is 12.0. The van der Waals surface area contributed by atoms with E-state index in [1.165, 1.54) is 0 Å². The fourth-order valence-corrected chi connectivity index (χ4v) is 2.31. The second-order valence-electron chi connectivity index (χ2n) is 5.58. The lowest BCUT2D eigenvalue weighted by Crippen LogP contribution is -2.43. The van der Waals surface area contributed by atoms with Crippen LogP contribution < -0.4 is 10.9 Å². The minimum atomic E-state index is -0.642. The van der Waals surface area contributed by atoms with Gasteiger partial charge in [-0.2, -0.15) is 0 Å². The molecule has 0 spiro atoms. The molecule has 0 atom stereocenters. The third-order valence-corrected chi connectivity index (χ3v) is 3.69. The summed E-state index contributed by atoms with van der Waals surface area (Å²) in [5.41, 5.74) is 6.08. The molecule has 1 heterocycles. The van der Waals surface area contributed by atoms with Gasteiger partial charge in [-0.05, 0) is 48.5 Å². The number of benzene rings is 2. The van der Waals surface area contributed by atoms with E-state index in [4.69, 9.17) is 4.74 Å². The van der Waals surface area contributed by atoms with Crippen molar-refractivity contribution < 1.29 is 19.1 Å². The van der Waals surface area contributed by atoms with Gasteiger partial charge in [-0.3, -0.25) is 20.4 Å². The Balaban J connectivity index is 1.46. The van der Waals surface area contributed by atoms with Crippen molar-refractivity contribution in [2.45, 2.75) is 0 Å². The van der Waals surface area contributed by atoms with E-state index in [1.807, 2.05) is 29.1 Å². The van der Waals surface area contributed by atoms with E-state index in [2.05, 4.69) is 10.9 Å². The van der Waals surface area contributed by atoms with Crippen LogP contribution in [-0.2, 0) is 9.53 Å². The SMILES string of the molecule is O=C(COC(=O)c1ccc(-n2cccc2)cc1)NNC(=O)c1ccccc1. The number of hydrogen-bond donors (Lipinski definition) is 2. The Morgan fingerprint density at radius 1 is 0.778 bits per heavy atom. The number of esters is 1. The number of hydrogen-bond acceptors (Lipinski definition) is 4. The summed E-state index contributed by atoms with van der Waals surface area (Å²) in [7, 11) is 0. The number of nitrogens with zero attached hydrogens (tertiary/aromatic N) is 1. The summed E-state index contributed by atoms with van der Waals surface area (Å²) in [6.45, 7) is -0.507. The van der Waals surface area contributed by atoms with Crippen molar-refractivity contribution in [1.82, 2.24) is 15.4 Å². The summed E-state index contributed by atoms with van der Waals surface area (Å²) in [5, 5.41) is 0. The van der Waals surface area contributed by atoms with Crippen LogP contribution in [0.1, 0.15) is 20.7 Å². The number of hydrazine groups is 1. The molecular formula is C20H17N3O4. The quantitative estimate of drug-likeness (QED) is 0.537. The molecule has 0 saturated heterocycles. The van der Waals surface area contributed by atoms with Gasteiger partial charge in [0.05, 0.1) is 5.56 Å². The first-order valence-electron chi connectivity index (χ1n) is 8.18. The van der Waals surface area contributed by atoms with E-state index in [9.17, 15) is 14.4 Å². The maximum atomic E-state index is 12.0. The molecule has 0 aliphatic carbocycles. The second kappa shape index (κ2) is 8.48. The highest BCUT2D eigenvalue weighted by atomic mass is 16.5. The first kappa shape index (κ1) is 17.9. The number of carbonyl (C=O) groups is 3. The molecule has 2 aromatic carbocycles. The normalized spacial score (nSPS) is 10.1. The van der Waals surface area contributed by atoms with Crippen LogP contribution in [0.4, 0.5) is 0 Å². The lowest BCUT2D eigenvalue weighted by atomic mass is 10.2. The fourth-order valence-electron chi connectivity index (χ4n) is 2.31. The van der Waals surface area contributed by atoms with E-state index in [0.717, 1.165) is 5.69 Å². The van der Waals surface area contributed by atoms with Crippen LogP contribution in [0.5, 0.6) is 0 Å². The molecule has 0 saturated carbocycles. The minimum absolute atomic E-state index is 0.326. The van der Waals surface area contributed by atoms with Gasteiger partial charge in [-0.1, -0.05) is 18.2 Å². The van der Waals surface area contributed by atoms with Crippen LogP contribution in [0.3, 0.4) is 0 Å². The van der Waals surface area contributed by atoms with Gasteiger partial charge < -0.3 is 9.30 Å². The summed E-state index contributed by atoms with van der Waals surface area (Å²) in [5.74, 6) is -1.73. The van der Waals surface area contributed by atoms with Crippen molar-refractivity contribution in [2.24, 2.45) is 0 Å². The number of carbonyl (C=O) groups excluding carboxylic acids is 3. The first-order chi connectivity index (χ1) is 13.1. The number of nitrogens with one attached hydrogen (secondary N) is 2. The Morgan fingerprint density at radius 2 is 1.44 bits per heavy atom. The van der Waals surface area contributed by atoms with E-state index in [-0.39, 0.29) is 0 Å². The predicted octanol–water partition coefficient (Wildman–Crippen LogP) is 2.10. The van der Waals surface area contributed by atoms with Crippen LogP contribution in [0.2, 0.25) is 0 Å². The molecule has 2 N–H and O–H groups in total. The second-order valence-corrected chi connectivity index (χ2v) is 5.58. The molecule has 0 fully saturated rings. The third-order valence-electron chi connectivity index (χ3n) is 3.69. The van der Waals surface area contributed by atoms with Crippen LogP contribution in [0.25, 0.3) is 5.69 Å².